The van der Waals surface area contributed by atoms with E-state index in [9.17, 15) is 21.6 Å². The van der Waals surface area contributed by atoms with E-state index in [1.54, 1.807) is 0 Å². The molecule has 0 aliphatic rings. The molecular weight excluding hydrogens is 283 g/mol. The van der Waals surface area contributed by atoms with Crippen molar-refractivity contribution in [2.75, 3.05) is 6.61 Å². The Hall–Kier alpha value is -1.12. The zero-order valence-corrected chi connectivity index (χ0v) is 11.1. The van der Waals surface area contributed by atoms with Crippen molar-refractivity contribution < 1.29 is 26.7 Å². The predicted molar refractivity (Wildman–Crippen MR) is 63.1 cm³/mol. The summed E-state index contributed by atoms with van der Waals surface area (Å²) in [5, 5.41) is 8.79. The number of aliphatic hydroxyl groups excluding tert-OH is 1. The summed E-state index contributed by atoms with van der Waals surface area (Å²) in [5.41, 5.74) is -1.36. The number of benzene rings is 1. The van der Waals surface area contributed by atoms with Gasteiger partial charge >= 0.3 is 6.18 Å². The van der Waals surface area contributed by atoms with Crippen LogP contribution in [0.2, 0.25) is 0 Å². The minimum atomic E-state index is -4.61. The van der Waals surface area contributed by atoms with Crippen LogP contribution in [0.1, 0.15) is 18.1 Å². The molecule has 0 aliphatic carbocycles. The van der Waals surface area contributed by atoms with Crippen LogP contribution in [0.4, 0.5) is 13.2 Å². The first-order valence-electron chi connectivity index (χ1n) is 5.39. The second-order valence-corrected chi connectivity index (χ2v) is 5.81. The number of hydrogen-bond acceptors (Lipinski definition) is 3. The normalized spacial score (nSPS) is 14.4. The number of halogens is 3. The SMILES string of the molecule is Cc1c(C(F)(F)F)cccc1S(=O)(=O)N[C@H](C)CO. The molecule has 0 aliphatic heterocycles. The number of sulfonamides is 1. The second kappa shape index (κ2) is 5.48. The third-order valence-electron chi connectivity index (χ3n) is 2.51. The summed E-state index contributed by atoms with van der Waals surface area (Å²) < 4.78 is 64.0. The van der Waals surface area contributed by atoms with Crippen molar-refractivity contribution in [3.8, 4) is 0 Å². The van der Waals surface area contributed by atoms with Gasteiger partial charge in [0.05, 0.1) is 17.1 Å². The van der Waals surface area contributed by atoms with E-state index in [0.29, 0.717) is 0 Å². The van der Waals surface area contributed by atoms with Crippen LogP contribution in [0.3, 0.4) is 0 Å². The van der Waals surface area contributed by atoms with Crippen molar-refractivity contribution in [1.82, 2.24) is 4.72 Å². The minimum absolute atomic E-state index is 0.368. The van der Waals surface area contributed by atoms with Crippen molar-refractivity contribution >= 4 is 10.0 Å². The van der Waals surface area contributed by atoms with Crippen molar-refractivity contribution in [1.29, 1.82) is 0 Å². The van der Waals surface area contributed by atoms with Gasteiger partial charge in [-0.25, -0.2) is 13.1 Å². The predicted octanol–water partition coefficient (Wildman–Crippen LogP) is 1.67. The van der Waals surface area contributed by atoms with Crippen molar-refractivity contribution in [3.63, 3.8) is 0 Å². The average molecular weight is 297 g/mol. The first-order valence-corrected chi connectivity index (χ1v) is 6.88. The van der Waals surface area contributed by atoms with Gasteiger partial charge in [-0.05, 0) is 31.5 Å². The van der Waals surface area contributed by atoms with Gasteiger partial charge in [-0.3, -0.25) is 0 Å². The highest BCUT2D eigenvalue weighted by atomic mass is 32.2. The van der Waals surface area contributed by atoms with Crippen LogP contribution in [-0.4, -0.2) is 26.2 Å². The molecule has 0 spiro atoms. The molecule has 0 unspecified atom stereocenters. The maximum atomic E-state index is 12.7. The highest BCUT2D eigenvalue weighted by Gasteiger charge is 2.34. The van der Waals surface area contributed by atoms with Crippen LogP contribution >= 0.6 is 0 Å². The van der Waals surface area contributed by atoms with Gasteiger partial charge in [0.25, 0.3) is 0 Å². The minimum Gasteiger partial charge on any atom is -0.395 e. The maximum Gasteiger partial charge on any atom is 0.416 e. The second-order valence-electron chi connectivity index (χ2n) is 4.13. The number of rotatable bonds is 4. The number of nitrogens with one attached hydrogen (secondary N) is 1. The third-order valence-corrected chi connectivity index (χ3v) is 4.24. The standard InChI is InChI=1S/C11H14F3NO3S/c1-7(6-16)15-19(17,18)10-5-3-4-9(8(10)2)11(12,13)14/h3-5,7,15-16H,6H2,1-2H3/t7-/m1/s1. The molecule has 0 amide bonds. The zero-order valence-electron chi connectivity index (χ0n) is 10.3. The summed E-state index contributed by atoms with van der Waals surface area (Å²) in [7, 11) is -4.10. The maximum absolute atomic E-state index is 12.7. The van der Waals surface area contributed by atoms with Crippen LogP contribution in [-0.2, 0) is 16.2 Å². The van der Waals surface area contributed by atoms with E-state index in [-0.39, 0.29) is 5.56 Å². The summed E-state index contributed by atoms with van der Waals surface area (Å²) in [6, 6.07) is 2.17. The van der Waals surface area contributed by atoms with Gasteiger partial charge in [-0.15, -0.1) is 0 Å². The molecule has 1 rings (SSSR count). The van der Waals surface area contributed by atoms with Gasteiger partial charge in [0.15, 0.2) is 0 Å². The Morgan fingerprint density at radius 3 is 2.42 bits per heavy atom. The van der Waals surface area contributed by atoms with Gasteiger partial charge < -0.3 is 5.11 Å². The molecule has 1 atom stereocenters. The quantitative estimate of drug-likeness (QED) is 0.888. The van der Waals surface area contributed by atoms with Gasteiger partial charge in [-0.1, -0.05) is 6.07 Å². The van der Waals surface area contributed by atoms with Crippen LogP contribution in [0.15, 0.2) is 23.1 Å². The molecule has 0 fully saturated rings. The van der Waals surface area contributed by atoms with Crippen LogP contribution in [0.5, 0.6) is 0 Å². The Morgan fingerprint density at radius 1 is 1.37 bits per heavy atom. The Bertz CT molecular complexity index is 555. The highest BCUT2D eigenvalue weighted by Crippen LogP contribution is 2.34. The molecule has 0 radical (unpaired) electrons. The smallest absolute Gasteiger partial charge is 0.395 e. The van der Waals surface area contributed by atoms with Crippen molar-refractivity contribution in [2.45, 2.75) is 31.0 Å². The molecule has 0 aromatic heterocycles. The molecule has 2 N–H and O–H groups in total. The molecule has 0 bridgehead atoms. The Balaban J connectivity index is 3.30. The summed E-state index contributed by atoms with van der Waals surface area (Å²) >= 11 is 0. The van der Waals surface area contributed by atoms with Crippen molar-refractivity contribution in [2.24, 2.45) is 0 Å². The van der Waals surface area contributed by atoms with E-state index in [4.69, 9.17) is 5.11 Å². The topological polar surface area (TPSA) is 66.4 Å². The van der Waals surface area contributed by atoms with Crippen LogP contribution in [0, 0.1) is 6.92 Å². The monoisotopic (exact) mass is 297 g/mol. The lowest BCUT2D eigenvalue weighted by Crippen LogP contribution is -2.35. The molecule has 1 aromatic carbocycles. The molecule has 0 saturated carbocycles. The van der Waals surface area contributed by atoms with Gasteiger partial charge in [-0.2, -0.15) is 13.2 Å². The fourth-order valence-electron chi connectivity index (χ4n) is 1.58. The summed E-state index contributed by atoms with van der Waals surface area (Å²) in [6.45, 7) is 2.05. The van der Waals surface area contributed by atoms with Gasteiger partial charge in [0.1, 0.15) is 0 Å². The lowest BCUT2D eigenvalue weighted by molar-refractivity contribution is -0.138. The summed E-state index contributed by atoms with van der Waals surface area (Å²) in [5.74, 6) is 0. The molecule has 8 heteroatoms. The molecule has 0 saturated heterocycles. The molecule has 108 valence electrons. The lowest BCUT2D eigenvalue weighted by atomic mass is 10.1. The van der Waals surface area contributed by atoms with Crippen LogP contribution < -0.4 is 4.72 Å². The van der Waals surface area contributed by atoms with E-state index in [0.717, 1.165) is 25.1 Å². The summed E-state index contributed by atoms with van der Waals surface area (Å²) in [4.78, 5) is -0.442. The summed E-state index contributed by atoms with van der Waals surface area (Å²) in [6.07, 6.45) is -4.61. The van der Waals surface area contributed by atoms with Crippen molar-refractivity contribution in [3.05, 3.63) is 29.3 Å². The fourth-order valence-corrected chi connectivity index (χ4v) is 3.08. The Morgan fingerprint density at radius 2 is 1.95 bits per heavy atom. The van der Waals surface area contributed by atoms with E-state index >= 15 is 0 Å². The van der Waals surface area contributed by atoms with E-state index in [1.807, 2.05) is 0 Å². The molecule has 1 aromatic rings. The van der Waals surface area contributed by atoms with Gasteiger partial charge in [0, 0.05) is 6.04 Å². The lowest BCUT2D eigenvalue weighted by Gasteiger charge is -2.16. The first-order chi connectivity index (χ1) is 8.59. The Kier molecular flexibility index (Phi) is 4.59. The number of aliphatic hydroxyl groups is 1. The molecular formula is C11H14F3NO3S. The largest absolute Gasteiger partial charge is 0.416 e. The number of hydrogen-bond donors (Lipinski definition) is 2. The van der Waals surface area contributed by atoms with E-state index in [1.165, 1.54) is 6.92 Å². The molecule has 19 heavy (non-hydrogen) atoms. The van der Waals surface area contributed by atoms with Crippen LogP contribution in [0.25, 0.3) is 0 Å². The number of alkyl halides is 3. The zero-order chi connectivity index (χ0) is 14.8. The third kappa shape index (κ3) is 3.68. The molecule has 0 heterocycles. The fraction of sp³-hybridized carbons (Fsp3) is 0.455. The van der Waals surface area contributed by atoms with E-state index in [2.05, 4.69) is 4.72 Å². The average Bonchev–Trinajstić information content (AvgIpc) is 2.26. The van der Waals surface area contributed by atoms with E-state index < -0.39 is 39.3 Å². The molecule has 4 nitrogen and oxygen atoms in total. The Labute approximate surface area is 109 Å². The first kappa shape index (κ1) is 15.9. The highest BCUT2D eigenvalue weighted by molar-refractivity contribution is 7.89. The van der Waals surface area contributed by atoms with Gasteiger partial charge in [0.2, 0.25) is 10.0 Å².